The van der Waals surface area contributed by atoms with E-state index in [9.17, 15) is 13.2 Å². The number of alkyl halides is 3. The summed E-state index contributed by atoms with van der Waals surface area (Å²) < 4.78 is 41.4. The van der Waals surface area contributed by atoms with Crippen LogP contribution in [-0.4, -0.2) is 16.1 Å². The second-order valence-electron chi connectivity index (χ2n) is 4.04. The van der Waals surface area contributed by atoms with E-state index in [2.05, 4.69) is 9.84 Å². The third kappa shape index (κ3) is 3.47. The van der Waals surface area contributed by atoms with Crippen LogP contribution >= 0.6 is 0 Å². The molecule has 0 saturated heterocycles. The summed E-state index contributed by atoms with van der Waals surface area (Å²) in [7, 11) is 1.76. The molecule has 0 bridgehead atoms. The predicted octanol–water partition coefficient (Wildman–Crippen LogP) is 2.37. The van der Waals surface area contributed by atoms with E-state index in [1.807, 2.05) is 0 Å². The van der Waals surface area contributed by atoms with Crippen molar-refractivity contribution in [1.82, 2.24) is 9.78 Å². The van der Waals surface area contributed by atoms with Gasteiger partial charge in [0, 0.05) is 18.8 Å². The number of ether oxygens (including phenoxy) is 1. The molecule has 7 heteroatoms. The van der Waals surface area contributed by atoms with Crippen molar-refractivity contribution in [2.24, 2.45) is 12.8 Å². The molecule has 0 aliphatic carbocycles. The van der Waals surface area contributed by atoms with Crippen molar-refractivity contribution in [3.05, 3.63) is 47.8 Å². The van der Waals surface area contributed by atoms with Gasteiger partial charge in [-0.25, -0.2) is 0 Å². The minimum absolute atomic E-state index is 0.269. The zero-order chi connectivity index (χ0) is 14.0. The SMILES string of the molecule is Cn1cc(C(N)c2ccc(OC(F)(F)F)cc2)cn1. The molecule has 0 aliphatic rings. The zero-order valence-corrected chi connectivity index (χ0v) is 10.1. The first-order valence-electron chi connectivity index (χ1n) is 5.45. The molecule has 1 atom stereocenters. The molecule has 1 heterocycles. The van der Waals surface area contributed by atoms with Crippen LogP contribution in [-0.2, 0) is 7.05 Å². The van der Waals surface area contributed by atoms with Gasteiger partial charge in [0.15, 0.2) is 0 Å². The summed E-state index contributed by atoms with van der Waals surface area (Å²) >= 11 is 0. The van der Waals surface area contributed by atoms with Crippen LogP contribution in [0.1, 0.15) is 17.2 Å². The normalized spacial score (nSPS) is 13.3. The fraction of sp³-hybridized carbons (Fsp3) is 0.250. The molecular weight excluding hydrogens is 259 g/mol. The lowest BCUT2D eigenvalue weighted by atomic mass is 10.0. The summed E-state index contributed by atoms with van der Waals surface area (Å²) in [5, 5.41) is 3.99. The van der Waals surface area contributed by atoms with Crippen molar-refractivity contribution in [3.63, 3.8) is 0 Å². The molecule has 1 aromatic heterocycles. The largest absolute Gasteiger partial charge is 0.573 e. The Morgan fingerprint density at radius 2 is 1.84 bits per heavy atom. The van der Waals surface area contributed by atoms with Gasteiger partial charge in [-0.1, -0.05) is 12.1 Å². The highest BCUT2D eigenvalue weighted by molar-refractivity contribution is 5.33. The molecule has 0 spiro atoms. The molecular formula is C12H12F3N3O. The summed E-state index contributed by atoms with van der Waals surface area (Å²) in [6.45, 7) is 0. The van der Waals surface area contributed by atoms with E-state index in [1.165, 1.54) is 24.3 Å². The van der Waals surface area contributed by atoms with Gasteiger partial charge < -0.3 is 10.5 Å². The maximum Gasteiger partial charge on any atom is 0.573 e. The van der Waals surface area contributed by atoms with Crippen molar-refractivity contribution in [2.75, 3.05) is 0 Å². The van der Waals surface area contributed by atoms with Gasteiger partial charge in [0.25, 0.3) is 0 Å². The van der Waals surface area contributed by atoms with E-state index in [4.69, 9.17) is 5.73 Å². The fourth-order valence-corrected chi connectivity index (χ4v) is 1.67. The van der Waals surface area contributed by atoms with Gasteiger partial charge in [-0.2, -0.15) is 5.10 Å². The van der Waals surface area contributed by atoms with Crippen LogP contribution in [0.5, 0.6) is 5.75 Å². The van der Waals surface area contributed by atoms with Crippen molar-refractivity contribution in [2.45, 2.75) is 12.4 Å². The van der Waals surface area contributed by atoms with Gasteiger partial charge in [0.1, 0.15) is 5.75 Å². The van der Waals surface area contributed by atoms with Crippen LogP contribution in [0.15, 0.2) is 36.7 Å². The van der Waals surface area contributed by atoms with Crippen molar-refractivity contribution in [3.8, 4) is 5.75 Å². The number of benzene rings is 1. The Kier molecular flexibility index (Phi) is 3.48. The van der Waals surface area contributed by atoms with Crippen molar-refractivity contribution < 1.29 is 17.9 Å². The van der Waals surface area contributed by atoms with Crippen LogP contribution in [0.2, 0.25) is 0 Å². The molecule has 4 nitrogen and oxygen atoms in total. The molecule has 2 aromatic rings. The molecule has 1 aromatic carbocycles. The lowest BCUT2D eigenvalue weighted by Gasteiger charge is -2.12. The van der Waals surface area contributed by atoms with Crippen LogP contribution in [0, 0.1) is 0 Å². The van der Waals surface area contributed by atoms with Crippen molar-refractivity contribution >= 4 is 0 Å². The van der Waals surface area contributed by atoms with E-state index < -0.39 is 12.4 Å². The van der Waals surface area contributed by atoms with Gasteiger partial charge in [0.05, 0.1) is 12.2 Å². The first-order chi connectivity index (χ1) is 8.85. The average molecular weight is 271 g/mol. The standard InChI is InChI=1S/C12H12F3N3O/c1-18-7-9(6-17-18)11(16)8-2-4-10(5-3-8)19-12(13,14)15/h2-7,11H,16H2,1H3. The molecule has 2 rings (SSSR count). The minimum atomic E-state index is -4.69. The number of aryl methyl sites for hydroxylation is 1. The van der Waals surface area contributed by atoms with E-state index in [0.29, 0.717) is 5.56 Å². The molecule has 2 N–H and O–H groups in total. The van der Waals surface area contributed by atoms with Gasteiger partial charge in [0.2, 0.25) is 0 Å². The Labute approximate surface area is 107 Å². The molecule has 102 valence electrons. The fourth-order valence-electron chi connectivity index (χ4n) is 1.67. The zero-order valence-electron chi connectivity index (χ0n) is 10.1. The maximum absolute atomic E-state index is 12.0. The first kappa shape index (κ1) is 13.4. The van der Waals surface area contributed by atoms with Gasteiger partial charge in [-0.3, -0.25) is 4.68 Å². The topological polar surface area (TPSA) is 53.1 Å². The maximum atomic E-state index is 12.0. The Hall–Kier alpha value is -2.02. The lowest BCUT2D eigenvalue weighted by molar-refractivity contribution is -0.274. The van der Waals surface area contributed by atoms with Gasteiger partial charge >= 0.3 is 6.36 Å². The Morgan fingerprint density at radius 3 is 2.32 bits per heavy atom. The number of rotatable bonds is 3. The van der Waals surface area contributed by atoms with Crippen LogP contribution < -0.4 is 10.5 Å². The molecule has 0 radical (unpaired) electrons. The molecule has 0 amide bonds. The highest BCUT2D eigenvalue weighted by atomic mass is 19.4. The highest BCUT2D eigenvalue weighted by Crippen LogP contribution is 2.25. The Bertz CT molecular complexity index is 548. The average Bonchev–Trinajstić information content (AvgIpc) is 2.74. The number of nitrogens with zero attached hydrogens (tertiary/aromatic N) is 2. The van der Waals surface area contributed by atoms with Gasteiger partial charge in [-0.15, -0.1) is 13.2 Å². The van der Waals surface area contributed by atoms with E-state index in [1.54, 1.807) is 24.1 Å². The summed E-state index contributed by atoms with van der Waals surface area (Å²) in [5.41, 5.74) is 7.46. The number of nitrogens with two attached hydrogens (primary N) is 1. The molecule has 0 saturated carbocycles. The molecule has 19 heavy (non-hydrogen) atoms. The van der Waals surface area contributed by atoms with Crippen LogP contribution in [0.25, 0.3) is 0 Å². The highest BCUT2D eigenvalue weighted by Gasteiger charge is 2.31. The monoisotopic (exact) mass is 271 g/mol. The molecule has 0 fully saturated rings. The van der Waals surface area contributed by atoms with Gasteiger partial charge in [-0.05, 0) is 17.7 Å². The van der Waals surface area contributed by atoms with E-state index >= 15 is 0 Å². The molecule has 0 aliphatic heterocycles. The quantitative estimate of drug-likeness (QED) is 0.932. The lowest BCUT2D eigenvalue weighted by Crippen LogP contribution is -2.17. The van der Waals surface area contributed by atoms with Crippen LogP contribution in [0.4, 0.5) is 13.2 Å². The summed E-state index contributed by atoms with van der Waals surface area (Å²) in [5.74, 6) is -0.269. The predicted molar refractivity (Wildman–Crippen MR) is 62.4 cm³/mol. The van der Waals surface area contributed by atoms with Crippen LogP contribution in [0.3, 0.4) is 0 Å². The summed E-state index contributed by atoms with van der Waals surface area (Å²) in [6, 6.07) is 5.03. The number of hydrogen-bond acceptors (Lipinski definition) is 3. The van der Waals surface area contributed by atoms with E-state index in [0.717, 1.165) is 5.56 Å². The number of hydrogen-bond donors (Lipinski definition) is 1. The Morgan fingerprint density at radius 1 is 1.21 bits per heavy atom. The third-order valence-electron chi connectivity index (χ3n) is 2.56. The van der Waals surface area contributed by atoms with Crippen molar-refractivity contribution in [1.29, 1.82) is 0 Å². The minimum Gasteiger partial charge on any atom is -0.406 e. The summed E-state index contributed by atoms with van der Waals surface area (Å²) in [4.78, 5) is 0. The number of aromatic nitrogens is 2. The second kappa shape index (κ2) is 4.93. The first-order valence-corrected chi connectivity index (χ1v) is 5.45. The van der Waals surface area contributed by atoms with E-state index in [-0.39, 0.29) is 5.75 Å². The second-order valence-corrected chi connectivity index (χ2v) is 4.04. The molecule has 1 unspecified atom stereocenters. The number of halogens is 3. The summed E-state index contributed by atoms with van der Waals surface area (Å²) in [6.07, 6.45) is -1.32. The Balaban J connectivity index is 2.14. The smallest absolute Gasteiger partial charge is 0.406 e. The third-order valence-corrected chi connectivity index (χ3v) is 2.56.